The van der Waals surface area contributed by atoms with E-state index < -0.39 is 22.0 Å². The number of carbonyl (C=O) groups excluding carboxylic acids is 2. The smallest absolute Gasteiger partial charge is 0.241 e. The molecule has 1 atom stereocenters. The van der Waals surface area contributed by atoms with Crippen molar-refractivity contribution in [3.63, 3.8) is 0 Å². The van der Waals surface area contributed by atoms with Crippen LogP contribution in [0.3, 0.4) is 0 Å². The van der Waals surface area contributed by atoms with E-state index in [4.69, 9.17) is 0 Å². The highest BCUT2D eigenvalue weighted by atomic mass is 32.2. The number of nitrogens with one attached hydrogen (secondary N) is 2. The SMILES string of the molecule is C[C@H](NS(=O)(=O)c1ccc2c(c1)CC(=O)N2C)C(=O)NCc1cccnc1. The van der Waals surface area contributed by atoms with Gasteiger partial charge in [-0.05, 0) is 42.3 Å². The lowest BCUT2D eigenvalue weighted by molar-refractivity contribution is -0.122. The van der Waals surface area contributed by atoms with Crippen molar-refractivity contribution >= 4 is 27.5 Å². The van der Waals surface area contributed by atoms with Crippen molar-refractivity contribution < 1.29 is 18.0 Å². The molecule has 2 amide bonds. The second-order valence-corrected chi connectivity index (χ2v) is 8.06. The van der Waals surface area contributed by atoms with Crippen LogP contribution in [0.1, 0.15) is 18.1 Å². The minimum absolute atomic E-state index is 0.0243. The molecule has 0 spiro atoms. The molecule has 2 N–H and O–H groups in total. The molecule has 1 aromatic heterocycles. The maximum atomic E-state index is 12.6. The minimum atomic E-state index is -3.90. The van der Waals surface area contributed by atoms with Crippen LogP contribution in [0.5, 0.6) is 0 Å². The van der Waals surface area contributed by atoms with Gasteiger partial charge in [-0.15, -0.1) is 0 Å². The first-order chi connectivity index (χ1) is 12.8. The first-order valence-corrected chi connectivity index (χ1v) is 9.84. The van der Waals surface area contributed by atoms with Gasteiger partial charge >= 0.3 is 0 Å². The van der Waals surface area contributed by atoms with Crippen LogP contribution < -0.4 is 14.9 Å². The zero-order chi connectivity index (χ0) is 19.6. The highest BCUT2D eigenvalue weighted by Gasteiger charge is 2.27. The number of rotatable bonds is 6. The monoisotopic (exact) mass is 388 g/mol. The molecule has 1 aliphatic heterocycles. The Bertz CT molecular complexity index is 976. The molecule has 8 nitrogen and oxygen atoms in total. The third kappa shape index (κ3) is 4.15. The molecule has 0 saturated heterocycles. The van der Waals surface area contributed by atoms with Crippen LogP contribution in [0.25, 0.3) is 0 Å². The Kier molecular flexibility index (Phi) is 5.24. The topological polar surface area (TPSA) is 108 Å². The number of benzene rings is 1. The van der Waals surface area contributed by atoms with Crippen LogP contribution in [0.4, 0.5) is 5.69 Å². The van der Waals surface area contributed by atoms with Crippen LogP contribution in [0, 0.1) is 0 Å². The third-order valence-corrected chi connectivity index (χ3v) is 5.89. The maximum absolute atomic E-state index is 12.6. The fourth-order valence-electron chi connectivity index (χ4n) is 2.81. The molecule has 0 radical (unpaired) electrons. The number of amides is 2. The molecule has 2 heterocycles. The third-order valence-electron chi connectivity index (χ3n) is 4.35. The van der Waals surface area contributed by atoms with E-state index >= 15 is 0 Å². The van der Waals surface area contributed by atoms with E-state index in [1.165, 1.54) is 24.0 Å². The molecule has 1 aromatic carbocycles. The van der Waals surface area contributed by atoms with Crippen LogP contribution in [-0.4, -0.2) is 38.3 Å². The summed E-state index contributed by atoms with van der Waals surface area (Å²) >= 11 is 0. The number of aromatic nitrogens is 1. The number of sulfonamides is 1. The summed E-state index contributed by atoms with van der Waals surface area (Å²) < 4.78 is 27.5. The van der Waals surface area contributed by atoms with Crippen LogP contribution in [0.15, 0.2) is 47.6 Å². The number of likely N-dealkylation sites (N-methyl/N-ethyl adjacent to an activating group) is 1. The van der Waals surface area contributed by atoms with Crippen molar-refractivity contribution in [1.82, 2.24) is 15.0 Å². The van der Waals surface area contributed by atoms with Gasteiger partial charge in [0.05, 0.1) is 17.4 Å². The number of hydrogen-bond donors (Lipinski definition) is 2. The summed E-state index contributed by atoms with van der Waals surface area (Å²) in [5.74, 6) is -0.533. The van der Waals surface area contributed by atoms with E-state index in [2.05, 4.69) is 15.0 Å². The average molecular weight is 388 g/mol. The summed E-state index contributed by atoms with van der Waals surface area (Å²) in [4.78, 5) is 29.4. The molecule has 0 saturated carbocycles. The first kappa shape index (κ1) is 19.0. The molecule has 1 aliphatic rings. The van der Waals surface area contributed by atoms with E-state index in [9.17, 15) is 18.0 Å². The Labute approximate surface area is 157 Å². The van der Waals surface area contributed by atoms with Crippen molar-refractivity contribution in [2.45, 2.75) is 30.8 Å². The normalized spacial score (nSPS) is 14.7. The number of carbonyl (C=O) groups is 2. The average Bonchev–Trinajstić information content (AvgIpc) is 2.93. The first-order valence-electron chi connectivity index (χ1n) is 8.36. The summed E-state index contributed by atoms with van der Waals surface area (Å²) in [5, 5.41) is 2.67. The van der Waals surface area contributed by atoms with Crippen molar-refractivity contribution in [1.29, 1.82) is 0 Å². The fourth-order valence-corrected chi connectivity index (χ4v) is 4.07. The molecule has 142 valence electrons. The van der Waals surface area contributed by atoms with E-state index in [0.717, 1.165) is 5.56 Å². The summed E-state index contributed by atoms with van der Waals surface area (Å²) in [6, 6.07) is 7.11. The second-order valence-electron chi connectivity index (χ2n) is 6.34. The van der Waals surface area contributed by atoms with Crippen molar-refractivity contribution in [3.05, 3.63) is 53.9 Å². The lowest BCUT2D eigenvalue weighted by atomic mass is 10.2. The number of fused-ring (bicyclic) bond motifs is 1. The van der Waals surface area contributed by atoms with Crippen molar-refractivity contribution in [2.75, 3.05) is 11.9 Å². The Hall–Kier alpha value is -2.78. The molecule has 0 aliphatic carbocycles. The molecule has 2 aromatic rings. The number of anilines is 1. The highest BCUT2D eigenvalue weighted by Crippen LogP contribution is 2.29. The van der Waals surface area contributed by atoms with Gasteiger partial charge in [-0.25, -0.2) is 8.42 Å². The van der Waals surface area contributed by atoms with E-state index in [0.29, 0.717) is 11.3 Å². The predicted molar refractivity (Wildman–Crippen MR) is 99.4 cm³/mol. The molecule has 0 unspecified atom stereocenters. The molecule has 3 rings (SSSR count). The van der Waals surface area contributed by atoms with Gasteiger partial charge in [0, 0.05) is 31.7 Å². The highest BCUT2D eigenvalue weighted by molar-refractivity contribution is 7.89. The van der Waals surface area contributed by atoms with Crippen LogP contribution in [-0.2, 0) is 32.6 Å². The van der Waals surface area contributed by atoms with Gasteiger partial charge in [0.2, 0.25) is 21.8 Å². The summed E-state index contributed by atoms with van der Waals surface area (Å²) in [6.07, 6.45) is 3.42. The van der Waals surface area contributed by atoms with E-state index in [-0.39, 0.29) is 23.8 Å². The molecule has 0 fully saturated rings. The summed E-state index contributed by atoms with van der Waals surface area (Å²) in [7, 11) is -2.25. The van der Waals surface area contributed by atoms with Gasteiger partial charge in [-0.3, -0.25) is 14.6 Å². The number of pyridine rings is 1. The van der Waals surface area contributed by atoms with Gasteiger partial charge in [0.25, 0.3) is 0 Å². The molecular formula is C18H20N4O4S. The Morgan fingerprint density at radius 1 is 1.33 bits per heavy atom. The zero-order valence-corrected chi connectivity index (χ0v) is 15.8. The zero-order valence-electron chi connectivity index (χ0n) is 15.0. The van der Waals surface area contributed by atoms with Gasteiger partial charge < -0.3 is 10.2 Å². The number of hydrogen-bond acceptors (Lipinski definition) is 5. The van der Waals surface area contributed by atoms with Gasteiger partial charge in [-0.2, -0.15) is 4.72 Å². The van der Waals surface area contributed by atoms with Crippen molar-refractivity contribution in [2.24, 2.45) is 0 Å². The molecular weight excluding hydrogens is 368 g/mol. The quantitative estimate of drug-likeness (QED) is 0.753. The summed E-state index contributed by atoms with van der Waals surface area (Å²) in [6.45, 7) is 1.73. The Morgan fingerprint density at radius 3 is 2.81 bits per heavy atom. The lowest BCUT2D eigenvalue weighted by Gasteiger charge is -2.15. The van der Waals surface area contributed by atoms with Crippen molar-refractivity contribution in [3.8, 4) is 0 Å². The van der Waals surface area contributed by atoms with Crippen LogP contribution >= 0.6 is 0 Å². The Balaban J connectivity index is 1.66. The number of nitrogens with zero attached hydrogens (tertiary/aromatic N) is 2. The van der Waals surface area contributed by atoms with Crippen LogP contribution in [0.2, 0.25) is 0 Å². The lowest BCUT2D eigenvalue weighted by Crippen LogP contribution is -2.44. The second kappa shape index (κ2) is 7.45. The van der Waals surface area contributed by atoms with Gasteiger partial charge in [0.15, 0.2) is 0 Å². The summed E-state index contributed by atoms with van der Waals surface area (Å²) in [5.41, 5.74) is 2.16. The maximum Gasteiger partial charge on any atom is 0.241 e. The Morgan fingerprint density at radius 2 is 2.11 bits per heavy atom. The molecule has 0 bridgehead atoms. The van der Waals surface area contributed by atoms with E-state index in [1.54, 1.807) is 31.6 Å². The molecule has 27 heavy (non-hydrogen) atoms. The van der Waals surface area contributed by atoms with E-state index in [1.807, 2.05) is 6.07 Å². The predicted octanol–water partition coefficient (Wildman–Crippen LogP) is 0.584. The van der Waals surface area contributed by atoms with Gasteiger partial charge in [-0.1, -0.05) is 6.07 Å². The van der Waals surface area contributed by atoms with Gasteiger partial charge in [0.1, 0.15) is 0 Å². The standard InChI is InChI=1S/C18H20N4O4S/c1-12(18(24)20-11-13-4-3-7-19-10-13)21-27(25,26)15-5-6-16-14(8-15)9-17(23)22(16)2/h3-8,10,12,21H,9,11H2,1-2H3,(H,20,24)/t12-/m0/s1. The minimum Gasteiger partial charge on any atom is -0.351 e. The fraction of sp³-hybridized carbons (Fsp3) is 0.278. The molecule has 9 heteroatoms. The largest absolute Gasteiger partial charge is 0.351 e.